The number of anilines is 2. The molecular formula is C22H26N3O2PS. The summed E-state index contributed by atoms with van der Waals surface area (Å²) in [6.07, 6.45) is 0.592. The predicted molar refractivity (Wildman–Crippen MR) is 124 cm³/mol. The molecule has 0 unspecified atom stereocenters. The molecule has 1 aromatic heterocycles. The van der Waals surface area contributed by atoms with Crippen molar-refractivity contribution in [1.82, 2.24) is 0 Å². The van der Waals surface area contributed by atoms with Gasteiger partial charge in [0.1, 0.15) is 0 Å². The highest BCUT2D eigenvalue weighted by atomic mass is 32.1. The van der Waals surface area contributed by atoms with Crippen LogP contribution in [0.15, 0.2) is 60.0 Å². The van der Waals surface area contributed by atoms with Crippen molar-refractivity contribution in [3.05, 3.63) is 71.1 Å². The molecule has 0 saturated carbocycles. The number of nitrogens with two attached hydrogens (primary N) is 2. The maximum atomic E-state index is 12.4. The molecule has 3 aromatic rings. The molecule has 0 saturated heterocycles. The largest absolute Gasteiger partial charge is 0.397 e. The third-order valence-corrected chi connectivity index (χ3v) is 6.89. The molecular weight excluding hydrogens is 401 g/mol. The lowest BCUT2D eigenvalue weighted by atomic mass is 10.1. The Hall–Kier alpha value is -2.56. The Bertz CT molecular complexity index is 1030. The molecule has 1 heterocycles. The van der Waals surface area contributed by atoms with E-state index < -0.39 is 13.0 Å². The van der Waals surface area contributed by atoms with Crippen LogP contribution < -0.4 is 16.4 Å². The minimum Gasteiger partial charge on any atom is -0.397 e. The maximum Gasteiger partial charge on any atom is 0.248 e. The topological polar surface area (TPSA) is 89.4 Å². The van der Waals surface area contributed by atoms with Gasteiger partial charge in [0, 0.05) is 29.7 Å². The average molecular weight is 428 g/mol. The van der Waals surface area contributed by atoms with Crippen molar-refractivity contribution < 1.29 is 9.36 Å². The standard InChI is InChI=1S/C22H26N3O2PS/c1-28(2,27)12-11-25(15-16-5-7-17(8-6-16)22(24)26)20-14-18(9-10-19(20)23)21-4-3-13-29-21/h3-10,13-14H,11-12,15,23H2,1-2H3,(H2,24,26). The maximum absolute atomic E-state index is 12.4. The zero-order chi connectivity index (χ0) is 21.0. The first-order valence-corrected chi connectivity index (χ1v) is 13.0. The summed E-state index contributed by atoms with van der Waals surface area (Å²) < 4.78 is 12.4. The summed E-state index contributed by atoms with van der Waals surface area (Å²) in [4.78, 5) is 14.7. The zero-order valence-electron chi connectivity index (χ0n) is 16.7. The van der Waals surface area contributed by atoms with E-state index in [1.807, 2.05) is 35.7 Å². The fourth-order valence-electron chi connectivity index (χ4n) is 3.05. The Labute approximate surface area is 175 Å². The summed E-state index contributed by atoms with van der Waals surface area (Å²) in [6, 6.07) is 17.4. The Morgan fingerprint density at radius 1 is 1.10 bits per heavy atom. The van der Waals surface area contributed by atoms with E-state index in [1.165, 1.54) is 4.88 Å². The van der Waals surface area contributed by atoms with Crippen LogP contribution in [-0.4, -0.2) is 31.9 Å². The van der Waals surface area contributed by atoms with Gasteiger partial charge in [-0.1, -0.05) is 24.3 Å². The van der Waals surface area contributed by atoms with E-state index in [2.05, 4.69) is 17.0 Å². The van der Waals surface area contributed by atoms with Crippen LogP contribution in [0.1, 0.15) is 15.9 Å². The number of nitrogens with zero attached hydrogens (tertiary/aromatic N) is 1. The van der Waals surface area contributed by atoms with Gasteiger partial charge in [-0.3, -0.25) is 4.79 Å². The van der Waals surface area contributed by atoms with E-state index in [9.17, 15) is 9.36 Å². The first-order valence-electron chi connectivity index (χ1n) is 9.34. The quantitative estimate of drug-likeness (QED) is 0.402. The molecule has 5 nitrogen and oxygen atoms in total. The molecule has 2 aromatic carbocycles. The third-order valence-electron chi connectivity index (χ3n) is 4.70. The van der Waals surface area contributed by atoms with E-state index in [0.717, 1.165) is 16.8 Å². The van der Waals surface area contributed by atoms with Crippen molar-refractivity contribution in [2.24, 2.45) is 5.73 Å². The van der Waals surface area contributed by atoms with Gasteiger partial charge < -0.3 is 20.9 Å². The number of carbonyl (C=O) groups excluding carboxylic acids is 1. The molecule has 7 heteroatoms. The molecule has 0 bridgehead atoms. The fourth-order valence-corrected chi connectivity index (χ4v) is 4.50. The summed E-state index contributed by atoms with van der Waals surface area (Å²) in [5.74, 6) is -0.445. The van der Waals surface area contributed by atoms with Crippen molar-refractivity contribution in [3.8, 4) is 10.4 Å². The van der Waals surface area contributed by atoms with Gasteiger partial charge in [0.05, 0.1) is 18.5 Å². The molecule has 0 fully saturated rings. The lowest BCUT2D eigenvalue weighted by Crippen LogP contribution is -2.27. The number of carbonyl (C=O) groups is 1. The molecule has 152 valence electrons. The van der Waals surface area contributed by atoms with Crippen LogP contribution in [0.4, 0.5) is 11.4 Å². The molecule has 4 N–H and O–H groups in total. The molecule has 0 atom stereocenters. The van der Waals surface area contributed by atoms with Crippen molar-refractivity contribution in [3.63, 3.8) is 0 Å². The number of thiophene rings is 1. The van der Waals surface area contributed by atoms with E-state index in [-0.39, 0.29) is 0 Å². The van der Waals surface area contributed by atoms with Gasteiger partial charge in [0.15, 0.2) is 0 Å². The molecule has 0 radical (unpaired) electrons. The van der Waals surface area contributed by atoms with Crippen LogP contribution in [0.2, 0.25) is 0 Å². The minimum atomic E-state index is -2.18. The summed E-state index contributed by atoms with van der Waals surface area (Å²) in [6.45, 7) is 4.83. The second-order valence-electron chi connectivity index (χ2n) is 7.53. The SMILES string of the molecule is CP(C)(=O)CCN(Cc1ccc(C(N)=O)cc1)c1cc(-c2cccs2)ccc1N. The second-order valence-corrected chi connectivity index (χ2v) is 12.1. The Morgan fingerprint density at radius 3 is 2.41 bits per heavy atom. The Kier molecular flexibility index (Phi) is 6.46. The highest BCUT2D eigenvalue weighted by molar-refractivity contribution is 7.62. The number of nitrogen functional groups attached to an aromatic ring is 1. The van der Waals surface area contributed by atoms with Crippen LogP contribution >= 0.6 is 18.5 Å². The van der Waals surface area contributed by atoms with Crippen molar-refractivity contribution in [1.29, 1.82) is 0 Å². The van der Waals surface area contributed by atoms with Gasteiger partial charge in [-0.05, 0) is 60.2 Å². The smallest absolute Gasteiger partial charge is 0.248 e. The molecule has 0 aliphatic heterocycles. The summed E-state index contributed by atoms with van der Waals surface area (Å²) in [5, 5.41) is 2.05. The number of primary amides is 1. The van der Waals surface area contributed by atoms with E-state index in [4.69, 9.17) is 11.5 Å². The number of rotatable bonds is 8. The zero-order valence-corrected chi connectivity index (χ0v) is 18.4. The first kappa shape index (κ1) is 21.2. The third kappa shape index (κ3) is 5.72. The lowest BCUT2D eigenvalue weighted by Gasteiger charge is -2.28. The monoisotopic (exact) mass is 427 g/mol. The summed E-state index contributed by atoms with van der Waals surface area (Å²) in [5.41, 5.74) is 15.9. The van der Waals surface area contributed by atoms with Crippen LogP contribution in [0, 0.1) is 0 Å². The highest BCUT2D eigenvalue weighted by Crippen LogP contribution is 2.38. The average Bonchev–Trinajstić information content (AvgIpc) is 3.20. The van der Waals surface area contributed by atoms with Gasteiger partial charge in [-0.15, -0.1) is 11.3 Å². The van der Waals surface area contributed by atoms with Crippen LogP contribution in [0.5, 0.6) is 0 Å². The van der Waals surface area contributed by atoms with Gasteiger partial charge in [0.25, 0.3) is 0 Å². The molecule has 1 amide bonds. The Balaban J connectivity index is 1.93. The summed E-state index contributed by atoms with van der Waals surface area (Å²) in [7, 11) is -2.18. The Morgan fingerprint density at radius 2 is 1.83 bits per heavy atom. The van der Waals surface area contributed by atoms with Crippen molar-refractivity contribution >= 4 is 35.8 Å². The minimum absolute atomic E-state index is 0.445. The number of hydrogen-bond acceptors (Lipinski definition) is 5. The van der Waals surface area contributed by atoms with E-state index >= 15 is 0 Å². The van der Waals surface area contributed by atoms with Gasteiger partial charge in [-0.25, -0.2) is 0 Å². The van der Waals surface area contributed by atoms with Gasteiger partial charge >= 0.3 is 0 Å². The second kappa shape index (κ2) is 8.85. The van der Waals surface area contributed by atoms with E-state index in [0.29, 0.717) is 30.5 Å². The van der Waals surface area contributed by atoms with Crippen molar-refractivity contribution in [2.45, 2.75) is 6.54 Å². The van der Waals surface area contributed by atoms with Crippen LogP contribution in [0.25, 0.3) is 10.4 Å². The predicted octanol–water partition coefficient (Wildman–Crippen LogP) is 4.73. The number of amides is 1. The van der Waals surface area contributed by atoms with E-state index in [1.54, 1.807) is 36.8 Å². The highest BCUT2D eigenvalue weighted by Gasteiger charge is 2.16. The lowest BCUT2D eigenvalue weighted by molar-refractivity contribution is 0.100. The van der Waals surface area contributed by atoms with Gasteiger partial charge in [-0.2, -0.15) is 0 Å². The number of hydrogen-bond donors (Lipinski definition) is 2. The summed E-state index contributed by atoms with van der Waals surface area (Å²) >= 11 is 1.68. The normalized spacial score (nSPS) is 11.4. The molecule has 3 rings (SSSR count). The number of benzene rings is 2. The van der Waals surface area contributed by atoms with Crippen LogP contribution in [0.3, 0.4) is 0 Å². The van der Waals surface area contributed by atoms with Crippen LogP contribution in [-0.2, 0) is 11.1 Å². The first-order chi connectivity index (χ1) is 13.7. The van der Waals surface area contributed by atoms with Crippen molar-refractivity contribution in [2.75, 3.05) is 36.7 Å². The molecule has 0 spiro atoms. The van der Waals surface area contributed by atoms with Gasteiger partial charge in [0.2, 0.25) is 5.91 Å². The molecule has 0 aliphatic carbocycles. The fraction of sp³-hybridized carbons (Fsp3) is 0.227. The molecule has 0 aliphatic rings. The molecule has 29 heavy (non-hydrogen) atoms.